The Balaban J connectivity index is 1.88. The number of aliphatic carboxylic acids is 1. The number of carboxylic acids is 1. The lowest BCUT2D eigenvalue weighted by atomic mass is 9.95. The van der Waals surface area contributed by atoms with Crippen LogP contribution in [0.15, 0.2) is 6.20 Å². The van der Waals surface area contributed by atoms with Crippen LogP contribution in [0.1, 0.15) is 24.4 Å². The Kier molecular flexibility index (Phi) is 3.56. The van der Waals surface area contributed by atoms with E-state index in [0.717, 1.165) is 38.2 Å². The number of imidazole rings is 1. The fourth-order valence-corrected chi connectivity index (χ4v) is 2.00. The molecule has 0 aliphatic carbocycles. The first-order valence-corrected chi connectivity index (χ1v) is 5.56. The maximum atomic E-state index is 10.5. The van der Waals surface area contributed by atoms with Gasteiger partial charge < -0.3 is 14.8 Å². The van der Waals surface area contributed by atoms with Gasteiger partial charge in [-0.15, -0.1) is 0 Å². The molecule has 2 heterocycles. The van der Waals surface area contributed by atoms with Gasteiger partial charge in [0.2, 0.25) is 0 Å². The molecule has 88 valence electrons. The summed E-state index contributed by atoms with van der Waals surface area (Å²) in [5.41, 5.74) is 1.03. The summed E-state index contributed by atoms with van der Waals surface area (Å²) in [6, 6.07) is 0. The first-order chi connectivity index (χ1) is 7.74. The molecule has 0 bridgehead atoms. The molecule has 1 aliphatic rings. The highest BCUT2D eigenvalue weighted by atomic mass is 16.5. The molecule has 5 nitrogen and oxygen atoms in total. The molecule has 0 saturated carbocycles. The van der Waals surface area contributed by atoms with Crippen molar-refractivity contribution < 1.29 is 14.6 Å². The van der Waals surface area contributed by atoms with E-state index in [2.05, 4.69) is 9.97 Å². The van der Waals surface area contributed by atoms with Crippen LogP contribution in [-0.2, 0) is 22.4 Å². The van der Waals surface area contributed by atoms with E-state index in [4.69, 9.17) is 9.84 Å². The normalized spacial score (nSPS) is 17.5. The number of nitrogens with zero attached hydrogens (tertiary/aromatic N) is 1. The van der Waals surface area contributed by atoms with Gasteiger partial charge in [0.05, 0.1) is 0 Å². The van der Waals surface area contributed by atoms with Gasteiger partial charge in [-0.05, 0) is 25.2 Å². The second-order valence-corrected chi connectivity index (χ2v) is 4.19. The maximum Gasteiger partial charge on any atom is 0.311 e. The first kappa shape index (κ1) is 11.1. The van der Waals surface area contributed by atoms with Crippen LogP contribution >= 0.6 is 0 Å². The molecule has 1 fully saturated rings. The standard InChI is InChI=1S/C11H16N2O3/c14-11(15)6-10-12-7-9(13-10)5-8-1-3-16-4-2-8/h7-8H,1-6H2,(H,12,13)(H,14,15). The Morgan fingerprint density at radius 2 is 2.31 bits per heavy atom. The summed E-state index contributed by atoms with van der Waals surface area (Å²) in [5, 5.41) is 8.62. The molecule has 0 spiro atoms. The van der Waals surface area contributed by atoms with Gasteiger partial charge in [0.1, 0.15) is 12.2 Å². The monoisotopic (exact) mass is 224 g/mol. The van der Waals surface area contributed by atoms with Crippen molar-refractivity contribution in [2.24, 2.45) is 5.92 Å². The van der Waals surface area contributed by atoms with E-state index >= 15 is 0 Å². The Labute approximate surface area is 93.8 Å². The minimum atomic E-state index is -0.855. The van der Waals surface area contributed by atoms with Crippen LogP contribution in [0, 0.1) is 5.92 Å². The van der Waals surface area contributed by atoms with Gasteiger partial charge in [-0.2, -0.15) is 0 Å². The molecule has 1 aromatic heterocycles. The lowest BCUT2D eigenvalue weighted by molar-refractivity contribution is -0.136. The Morgan fingerprint density at radius 1 is 1.56 bits per heavy atom. The number of nitrogens with one attached hydrogen (secondary N) is 1. The lowest BCUT2D eigenvalue weighted by Gasteiger charge is -2.21. The highest BCUT2D eigenvalue weighted by Crippen LogP contribution is 2.19. The van der Waals surface area contributed by atoms with Crippen LogP contribution in [0.25, 0.3) is 0 Å². The first-order valence-electron chi connectivity index (χ1n) is 5.56. The Hall–Kier alpha value is -1.36. The van der Waals surface area contributed by atoms with E-state index in [-0.39, 0.29) is 6.42 Å². The molecule has 0 radical (unpaired) electrons. The van der Waals surface area contributed by atoms with E-state index in [9.17, 15) is 4.79 Å². The van der Waals surface area contributed by atoms with Crippen molar-refractivity contribution in [1.29, 1.82) is 0 Å². The largest absolute Gasteiger partial charge is 0.481 e. The average molecular weight is 224 g/mol. The van der Waals surface area contributed by atoms with E-state index < -0.39 is 5.97 Å². The number of ether oxygens (including phenoxy) is 1. The third-order valence-corrected chi connectivity index (χ3v) is 2.85. The second kappa shape index (κ2) is 5.12. The SMILES string of the molecule is O=C(O)Cc1ncc(CC2CCOCC2)[nH]1. The summed E-state index contributed by atoms with van der Waals surface area (Å²) >= 11 is 0. The van der Waals surface area contributed by atoms with Gasteiger partial charge in [0.15, 0.2) is 0 Å². The second-order valence-electron chi connectivity index (χ2n) is 4.19. The summed E-state index contributed by atoms with van der Waals surface area (Å²) in [6.07, 6.45) is 4.80. The predicted octanol–water partition coefficient (Wildman–Crippen LogP) is 1.01. The molecular weight excluding hydrogens is 208 g/mol. The summed E-state index contributed by atoms with van der Waals surface area (Å²) in [7, 11) is 0. The third kappa shape index (κ3) is 3.06. The molecule has 1 aromatic rings. The number of carboxylic acid groups (broad SMARTS) is 1. The molecule has 16 heavy (non-hydrogen) atoms. The van der Waals surface area contributed by atoms with Gasteiger partial charge in [-0.3, -0.25) is 4.79 Å². The molecule has 0 atom stereocenters. The van der Waals surface area contributed by atoms with Crippen molar-refractivity contribution in [3.63, 3.8) is 0 Å². The summed E-state index contributed by atoms with van der Waals surface area (Å²) < 4.78 is 5.29. The zero-order valence-corrected chi connectivity index (χ0v) is 9.11. The minimum Gasteiger partial charge on any atom is -0.481 e. The molecule has 1 saturated heterocycles. The topological polar surface area (TPSA) is 75.2 Å². The number of hydrogen-bond donors (Lipinski definition) is 2. The van der Waals surface area contributed by atoms with E-state index in [0.29, 0.717) is 11.7 Å². The predicted molar refractivity (Wildman–Crippen MR) is 57.2 cm³/mol. The number of H-pyrrole nitrogens is 1. The quantitative estimate of drug-likeness (QED) is 0.800. The third-order valence-electron chi connectivity index (χ3n) is 2.85. The zero-order valence-electron chi connectivity index (χ0n) is 9.11. The van der Waals surface area contributed by atoms with Crippen LogP contribution in [0.3, 0.4) is 0 Å². The van der Waals surface area contributed by atoms with Crippen molar-refractivity contribution in [2.45, 2.75) is 25.7 Å². The zero-order chi connectivity index (χ0) is 11.4. The van der Waals surface area contributed by atoms with Crippen LogP contribution in [0.4, 0.5) is 0 Å². The van der Waals surface area contributed by atoms with E-state index in [1.165, 1.54) is 0 Å². The molecule has 2 rings (SSSR count). The number of rotatable bonds is 4. The molecule has 0 aromatic carbocycles. The van der Waals surface area contributed by atoms with E-state index in [1.807, 2.05) is 0 Å². The van der Waals surface area contributed by atoms with Crippen molar-refractivity contribution in [2.75, 3.05) is 13.2 Å². The lowest BCUT2D eigenvalue weighted by Crippen LogP contribution is -2.17. The Morgan fingerprint density at radius 3 is 3.00 bits per heavy atom. The van der Waals surface area contributed by atoms with Gasteiger partial charge in [0, 0.05) is 25.1 Å². The maximum absolute atomic E-state index is 10.5. The smallest absolute Gasteiger partial charge is 0.311 e. The number of carbonyl (C=O) groups is 1. The van der Waals surface area contributed by atoms with Gasteiger partial charge in [-0.25, -0.2) is 4.98 Å². The van der Waals surface area contributed by atoms with Gasteiger partial charge >= 0.3 is 5.97 Å². The summed E-state index contributed by atoms with van der Waals surface area (Å²) in [4.78, 5) is 17.6. The number of hydrogen-bond acceptors (Lipinski definition) is 3. The Bertz CT molecular complexity index is 356. The van der Waals surface area contributed by atoms with Gasteiger partial charge in [0.25, 0.3) is 0 Å². The van der Waals surface area contributed by atoms with Crippen molar-refractivity contribution in [3.05, 3.63) is 17.7 Å². The number of aromatic amines is 1. The molecular formula is C11H16N2O3. The fraction of sp³-hybridized carbons (Fsp3) is 0.636. The van der Waals surface area contributed by atoms with Gasteiger partial charge in [-0.1, -0.05) is 0 Å². The molecule has 2 N–H and O–H groups in total. The van der Waals surface area contributed by atoms with E-state index in [1.54, 1.807) is 6.20 Å². The highest BCUT2D eigenvalue weighted by molar-refractivity contribution is 5.68. The fourth-order valence-electron chi connectivity index (χ4n) is 2.00. The van der Waals surface area contributed by atoms with Crippen LogP contribution < -0.4 is 0 Å². The van der Waals surface area contributed by atoms with Crippen LogP contribution in [0.5, 0.6) is 0 Å². The minimum absolute atomic E-state index is 0.0340. The summed E-state index contributed by atoms with van der Waals surface area (Å²) in [5.74, 6) is 0.313. The molecule has 0 unspecified atom stereocenters. The molecule has 0 amide bonds. The average Bonchev–Trinajstić information content (AvgIpc) is 2.66. The van der Waals surface area contributed by atoms with Crippen LogP contribution in [0.2, 0.25) is 0 Å². The van der Waals surface area contributed by atoms with Crippen molar-refractivity contribution >= 4 is 5.97 Å². The summed E-state index contributed by atoms with van der Waals surface area (Å²) in [6.45, 7) is 1.67. The van der Waals surface area contributed by atoms with Crippen molar-refractivity contribution in [3.8, 4) is 0 Å². The van der Waals surface area contributed by atoms with Crippen LogP contribution in [-0.4, -0.2) is 34.3 Å². The molecule has 1 aliphatic heterocycles. The highest BCUT2D eigenvalue weighted by Gasteiger charge is 2.15. The van der Waals surface area contributed by atoms with Crippen molar-refractivity contribution in [1.82, 2.24) is 9.97 Å². The molecule has 5 heteroatoms. The number of aromatic nitrogens is 2.